The van der Waals surface area contributed by atoms with Crippen LogP contribution in [0, 0.1) is 6.92 Å². The molecule has 98 valence electrons. The summed E-state index contributed by atoms with van der Waals surface area (Å²) in [6.45, 7) is 6.21. The first-order valence-electron chi connectivity index (χ1n) is 6.15. The lowest BCUT2D eigenvalue weighted by atomic mass is 10.1. The van der Waals surface area contributed by atoms with Crippen LogP contribution < -0.4 is 5.73 Å². The van der Waals surface area contributed by atoms with Crippen molar-refractivity contribution >= 4 is 22.0 Å². The van der Waals surface area contributed by atoms with Crippen molar-refractivity contribution in [3.05, 3.63) is 29.6 Å². The fraction of sp³-hybridized carbons (Fsp3) is 0.308. The number of hydrogen-bond acceptors (Lipinski definition) is 5. The fourth-order valence-corrected chi connectivity index (χ4v) is 2.96. The summed E-state index contributed by atoms with van der Waals surface area (Å²) < 4.78 is 1.83. The van der Waals surface area contributed by atoms with Crippen LogP contribution in [0.15, 0.2) is 18.2 Å². The van der Waals surface area contributed by atoms with E-state index in [1.54, 1.807) is 11.3 Å². The first kappa shape index (κ1) is 12.1. The highest BCUT2D eigenvalue weighted by atomic mass is 32.1. The molecule has 0 aliphatic heterocycles. The van der Waals surface area contributed by atoms with Crippen molar-refractivity contribution in [1.29, 1.82) is 0 Å². The minimum atomic E-state index is 0.303. The molecule has 0 radical (unpaired) electrons. The summed E-state index contributed by atoms with van der Waals surface area (Å²) in [5.41, 5.74) is 8.77. The van der Waals surface area contributed by atoms with Crippen LogP contribution in [0.5, 0.6) is 0 Å². The number of fused-ring (bicyclic) bond motifs is 1. The van der Waals surface area contributed by atoms with Gasteiger partial charge in [0.05, 0.1) is 0 Å². The molecule has 0 bridgehead atoms. The SMILES string of the molecule is Cc1cc(N)ccc1-c1nn2c(C(C)C)nnc2s1. The van der Waals surface area contributed by atoms with Gasteiger partial charge in [0.15, 0.2) is 5.82 Å². The van der Waals surface area contributed by atoms with E-state index in [-0.39, 0.29) is 0 Å². The molecule has 3 rings (SSSR count). The molecule has 2 heterocycles. The Kier molecular flexibility index (Phi) is 2.74. The highest BCUT2D eigenvalue weighted by molar-refractivity contribution is 7.19. The second kappa shape index (κ2) is 4.31. The van der Waals surface area contributed by atoms with Gasteiger partial charge < -0.3 is 5.73 Å². The zero-order valence-corrected chi connectivity index (χ0v) is 11.9. The van der Waals surface area contributed by atoms with Crippen LogP contribution in [0.2, 0.25) is 0 Å². The number of aryl methyl sites for hydroxylation is 1. The molecule has 0 spiro atoms. The molecule has 0 aliphatic rings. The minimum absolute atomic E-state index is 0.303. The van der Waals surface area contributed by atoms with Gasteiger partial charge in [0.25, 0.3) is 0 Å². The van der Waals surface area contributed by atoms with Gasteiger partial charge in [-0.15, -0.1) is 10.2 Å². The van der Waals surface area contributed by atoms with Gasteiger partial charge in [0.2, 0.25) is 4.96 Å². The molecule has 0 amide bonds. The van der Waals surface area contributed by atoms with Crippen LogP contribution in [-0.4, -0.2) is 19.8 Å². The predicted octanol–water partition coefficient (Wildman–Crippen LogP) is 2.87. The number of hydrogen-bond donors (Lipinski definition) is 1. The molecule has 0 fully saturated rings. The van der Waals surface area contributed by atoms with Crippen LogP contribution in [0.4, 0.5) is 5.69 Å². The topological polar surface area (TPSA) is 69.1 Å². The van der Waals surface area contributed by atoms with E-state index in [0.29, 0.717) is 5.92 Å². The summed E-state index contributed by atoms with van der Waals surface area (Å²) in [7, 11) is 0. The summed E-state index contributed by atoms with van der Waals surface area (Å²) in [6.07, 6.45) is 0. The molecule has 0 unspecified atom stereocenters. The standard InChI is InChI=1S/C13H15N5S/c1-7(2)11-15-16-13-18(11)17-12(19-13)10-5-4-9(14)6-8(10)3/h4-7H,14H2,1-3H3. The van der Waals surface area contributed by atoms with Gasteiger partial charge in [0.1, 0.15) is 5.01 Å². The molecular formula is C13H15N5S. The average Bonchev–Trinajstić information content (AvgIpc) is 2.87. The molecule has 0 atom stereocenters. The molecule has 6 heteroatoms. The maximum atomic E-state index is 5.78. The van der Waals surface area contributed by atoms with Crippen LogP contribution in [0.3, 0.4) is 0 Å². The predicted molar refractivity (Wildman–Crippen MR) is 77.3 cm³/mol. The first-order chi connectivity index (χ1) is 9.06. The second-order valence-corrected chi connectivity index (χ2v) is 5.84. The van der Waals surface area contributed by atoms with Gasteiger partial charge in [-0.2, -0.15) is 9.61 Å². The maximum Gasteiger partial charge on any atom is 0.234 e. The number of nitrogens with zero attached hydrogens (tertiary/aromatic N) is 4. The van der Waals surface area contributed by atoms with Gasteiger partial charge in [-0.3, -0.25) is 0 Å². The van der Waals surface area contributed by atoms with Crippen LogP contribution in [-0.2, 0) is 0 Å². The van der Waals surface area contributed by atoms with Crippen LogP contribution in [0.25, 0.3) is 15.5 Å². The maximum absolute atomic E-state index is 5.78. The van der Waals surface area contributed by atoms with Gasteiger partial charge >= 0.3 is 0 Å². The summed E-state index contributed by atoms with van der Waals surface area (Å²) in [4.78, 5) is 0.829. The number of aromatic nitrogens is 4. The van der Waals surface area contributed by atoms with Gasteiger partial charge in [-0.25, -0.2) is 0 Å². The Morgan fingerprint density at radius 3 is 2.74 bits per heavy atom. The van der Waals surface area contributed by atoms with Crippen molar-refractivity contribution in [2.45, 2.75) is 26.7 Å². The van der Waals surface area contributed by atoms with Gasteiger partial charge in [-0.1, -0.05) is 25.2 Å². The van der Waals surface area contributed by atoms with Crippen molar-refractivity contribution in [3.8, 4) is 10.6 Å². The molecule has 0 aliphatic carbocycles. The average molecular weight is 273 g/mol. The van der Waals surface area contributed by atoms with Crippen molar-refractivity contribution in [1.82, 2.24) is 19.8 Å². The summed E-state index contributed by atoms with van der Waals surface area (Å²) in [6, 6.07) is 5.86. The smallest absolute Gasteiger partial charge is 0.234 e. The summed E-state index contributed by atoms with van der Waals surface area (Å²) in [5, 5.41) is 13.9. The van der Waals surface area contributed by atoms with E-state index < -0.39 is 0 Å². The molecule has 2 N–H and O–H groups in total. The Morgan fingerprint density at radius 2 is 2.05 bits per heavy atom. The van der Waals surface area contributed by atoms with E-state index in [1.165, 1.54) is 0 Å². The molecule has 1 aromatic carbocycles. The largest absolute Gasteiger partial charge is 0.399 e. The highest BCUT2D eigenvalue weighted by Gasteiger charge is 2.15. The van der Waals surface area contributed by atoms with Crippen molar-refractivity contribution in [2.75, 3.05) is 5.73 Å². The zero-order valence-electron chi connectivity index (χ0n) is 11.1. The van der Waals surface area contributed by atoms with Gasteiger partial charge in [-0.05, 0) is 30.7 Å². The summed E-state index contributed by atoms with van der Waals surface area (Å²) in [5.74, 6) is 1.20. The number of nitrogen functional groups attached to an aromatic ring is 1. The number of anilines is 1. The molecule has 0 saturated heterocycles. The third-order valence-electron chi connectivity index (χ3n) is 3.01. The van der Waals surface area contributed by atoms with Gasteiger partial charge in [0, 0.05) is 17.2 Å². The quantitative estimate of drug-likeness (QED) is 0.729. The molecule has 5 nitrogen and oxygen atoms in total. The molecule has 2 aromatic heterocycles. The van der Waals surface area contributed by atoms with Crippen molar-refractivity contribution in [3.63, 3.8) is 0 Å². The highest BCUT2D eigenvalue weighted by Crippen LogP contribution is 2.30. The number of benzene rings is 1. The van der Waals surface area contributed by atoms with E-state index in [4.69, 9.17) is 5.73 Å². The lowest BCUT2D eigenvalue weighted by Crippen LogP contribution is -1.98. The van der Waals surface area contributed by atoms with Crippen LogP contribution >= 0.6 is 11.3 Å². The minimum Gasteiger partial charge on any atom is -0.399 e. The van der Waals surface area contributed by atoms with E-state index in [1.807, 2.05) is 29.6 Å². The molecule has 19 heavy (non-hydrogen) atoms. The lowest BCUT2D eigenvalue weighted by Gasteiger charge is -2.02. The Labute approximate surface area is 115 Å². The van der Waals surface area contributed by atoms with Crippen molar-refractivity contribution in [2.24, 2.45) is 0 Å². The first-order valence-corrected chi connectivity index (χ1v) is 6.96. The number of nitrogens with two attached hydrogens (primary N) is 1. The van der Waals surface area contributed by atoms with Crippen LogP contribution in [0.1, 0.15) is 31.2 Å². The summed E-state index contributed by atoms with van der Waals surface area (Å²) >= 11 is 1.55. The Hall–Kier alpha value is -1.95. The van der Waals surface area contributed by atoms with E-state index in [0.717, 1.165) is 32.6 Å². The van der Waals surface area contributed by atoms with Crippen molar-refractivity contribution < 1.29 is 0 Å². The molecular weight excluding hydrogens is 258 g/mol. The fourth-order valence-electron chi connectivity index (χ4n) is 2.03. The van der Waals surface area contributed by atoms with E-state index in [2.05, 4.69) is 29.1 Å². The van der Waals surface area contributed by atoms with E-state index in [9.17, 15) is 0 Å². The Balaban J connectivity index is 2.15. The molecule has 0 saturated carbocycles. The Bertz CT molecular complexity index is 741. The number of rotatable bonds is 2. The third-order valence-corrected chi connectivity index (χ3v) is 3.94. The molecule has 3 aromatic rings. The third kappa shape index (κ3) is 1.98. The lowest BCUT2D eigenvalue weighted by molar-refractivity contribution is 0.727. The second-order valence-electron chi connectivity index (χ2n) is 4.89. The Morgan fingerprint density at radius 1 is 1.26 bits per heavy atom. The zero-order chi connectivity index (χ0) is 13.6. The monoisotopic (exact) mass is 273 g/mol. The normalized spacial score (nSPS) is 11.6. The van der Waals surface area contributed by atoms with E-state index >= 15 is 0 Å².